The molecule has 0 aromatic rings. The Labute approximate surface area is 102 Å². The number of fused-ring (bicyclic) bond motifs is 3. The van der Waals surface area contributed by atoms with Gasteiger partial charge >= 0.3 is 5.97 Å². The lowest BCUT2D eigenvalue weighted by molar-refractivity contribution is -0.176. The van der Waals surface area contributed by atoms with Crippen molar-refractivity contribution < 1.29 is 15.0 Å². The number of carboxylic acid groups (broad SMARTS) is 1. The second kappa shape index (κ2) is 3.35. The van der Waals surface area contributed by atoms with Gasteiger partial charge in [0.05, 0.1) is 11.5 Å². The van der Waals surface area contributed by atoms with Gasteiger partial charge in [-0.25, -0.2) is 0 Å². The van der Waals surface area contributed by atoms with Crippen molar-refractivity contribution in [2.75, 3.05) is 0 Å². The van der Waals surface area contributed by atoms with Gasteiger partial charge < -0.3 is 10.2 Å². The van der Waals surface area contributed by atoms with Gasteiger partial charge in [-0.3, -0.25) is 4.79 Å². The normalized spacial score (nSPS) is 48.5. The summed E-state index contributed by atoms with van der Waals surface area (Å²) in [4.78, 5) is 11.8. The third-order valence-electron chi connectivity index (χ3n) is 5.73. The summed E-state index contributed by atoms with van der Waals surface area (Å²) < 4.78 is 0. The zero-order valence-electron chi connectivity index (χ0n) is 10.3. The lowest BCUT2D eigenvalue weighted by Crippen LogP contribution is -2.58. The third-order valence-corrected chi connectivity index (χ3v) is 5.73. The van der Waals surface area contributed by atoms with Crippen molar-refractivity contribution in [3.63, 3.8) is 0 Å². The van der Waals surface area contributed by atoms with Gasteiger partial charge in [-0.1, -0.05) is 18.6 Å². The quantitative estimate of drug-likeness (QED) is 0.687. The number of hydrogen-bond acceptors (Lipinski definition) is 2. The van der Waals surface area contributed by atoms with E-state index in [1.807, 2.05) is 0 Å². The summed E-state index contributed by atoms with van der Waals surface area (Å²) in [6.07, 6.45) is 6.64. The smallest absolute Gasteiger partial charge is 0.310 e. The number of aliphatic hydroxyl groups is 1. The van der Waals surface area contributed by atoms with Gasteiger partial charge in [0.2, 0.25) is 0 Å². The second-order valence-corrected chi connectivity index (χ2v) is 6.28. The van der Waals surface area contributed by atoms with E-state index in [-0.39, 0.29) is 5.41 Å². The third kappa shape index (κ3) is 1.23. The number of hydrogen-bond donors (Lipinski definition) is 2. The van der Waals surface area contributed by atoms with Crippen LogP contribution in [0.4, 0.5) is 0 Å². The summed E-state index contributed by atoms with van der Waals surface area (Å²) in [5, 5.41) is 19.6. The molecule has 1 unspecified atom stereocenters. The highest BCUT2D eigenvalue weighted by Gasteiger charge is 2.62. The molecule has 0 radical (unpaired) electrons. The van der Waals surface area contributed by atoms with Crippen LogP contribution in [-0.2, 0) is 4.79 Å². The van der Waals surface area contributed by atoms with E-state index in [2.05, 4.69) is 13.0 Å². The number of aliphatic carboxylic acids is 1. The van der Waals surface area contributed by atoms with Crippen LogP contribution in [0, 0.1) is 16.7 Å². The predicted octanol–water partition coefficient (Wildman–Crippen LogP) is 2.35. The number of aliphatic hydroxyl groups excluding tert-OH is 1. The highest BCUT2D eigenvalue weighted by molar-refractivity contribution is 5.77. The molecule has 94 valence electrons. The van der Waals surface area contributed by atoms with E-state index in [1.54, 1.807) is 0 Å². The largest absolute Gasteiger partial charge is 0.481 e. The number of carboxylic acids is 1. The van der Waals surface area contributed by atoms with Crippen molar-refractivity contribution >= 4 is 5.97 Å². The first-order chi connectivity index (χ1) is 7.99. The molecule has 0 heterocycles. The second-order valence-electron chi connectivity index (χ2n) is 6.28. The van der Waals surface area contributed by atoms with Crippen molar-refractivity contribution in [2.45, 2.75) is 51.6 Å². The van der Waals surface area contributed by atoms with Crippen LogP contribution in [0.2, 0.25) is 0 Å². The molecule has 2 fully saturated rings. The van der Waals surface area contributed by atoms with Gasteiger partial charge in [-0.05, 0) is 49.9 Å². The van der Waals surface area contributed by atoms with E-state index >= 15 is 0 Å². The summed E-state index contributed by atoms with van der Waals surface area (Å²) in [5.41, 5.74) is 0.611. The van der Waals surface area contributed by atoms with Crippen molar-refractivity contribution in [1.29, 1.82) is 0 Å². The maximum absolute atomic E-state index is 11.8. The first kappa shape index (κ1) is 11.3. The fourth-order valence-electron chi connectivity index (χ4n) is 4.42. The molecule has 3 aliphatic rings. The molecule has 0 saturated heterocycles. The molecule has 2 N–H and O–H groups in total. The summed E-state index contributed by atoms with van der Waals surface area (Å²) >= 11 is 0. The van der Waals surface area contributed by atoms with Crippen LogP contribution in [0.5, 0.6) is 0 Å². The number of allylic oxidation sites excluding steroid dienone is 2. The Kier molecular flexibility index (Phi) is 2.22. The lowest BCUT2D eigenvalue weighted by atomic mass is 9.43. The predicted molar refractivity (Wildman–Crippen MR) is 63.5 cm³/mol. The number of rotatable bonds is 1. The maximum atomic E-state index is 11.8. The van der Waals surface area contributed by atoms with E-state index in [0.717, 1.165) is 25.7 Å². The van der Waals surface area contributed by atoms with Gasteiger partial charge in [0.25, 0.3) is 0 Å². The molecule has 17 heavy (non-hydrogen) atoms. The van der Waals surface area contributed by atoms with Crippen LogP contribution in [0.3, 0.4) is 0 Å². The molecular formula is C14H20O3. The molecule has 3 aliphatic carbocycles. The fraction of sp³-hybridized carbons (Fsp3) is 0.786. The molecule has 0 aromatic heterocycles. The van der Waals surface area contributed by atoms with Crippen molar-refractivity contribution in [1.82, 2.24) is 0 Å². The first-order valence-corrected chi connectivity index (χ1v) is 6.60. The van der Waals surface area contributed by atoms with Crippen LogP contribution < -0.4 is 0 Å². The molecule has 3 heteroatoms. The molecular weight excluding hydrogens is 216 g/mol. The Hall–Kier alpha value is -0.830. The Morgan fingerprint density at radius 1 is 1.47 bits per heavy atom. The van der Waals surface area contributed by atoms with Crippen LogP contribution >= 0.6 is 0 Å². The summed E-state index contributed by atoms with van der Waals surface area (Å²) in [7, 11) is 0. The van der Waals surface area contributed by atoms with Crippen LogP contribution in [-0.4, -0.2) is 22.3 Å². The monoisotopic (exact) mass is 236 g/mol. The lowest BCUT2D eigenvalue weighted by Gasteiger charge is -2.60. The molecule has 0 bridgehead atoms. The van der Waals surface area contributed by atoms with Gasteiger partial charge in [0, 0.05) is 0 Å². The Morgan fingerprint density at radius 2 is 2.24 bits per heavy atom. The minimum atomic E-state index is -0.723. The van der Waals surface area contributed by atoms with Crippen molar-refractivity contribution in [2.24, 2.45) is 16.7 Å². The standard InChI is InChI=1S/C14H20O3/c1-13-6-5-10(15)8-14(13,12(16)17)7-4-9-2-3-11(9)13/h4,10-11,15H,2-3,5-8H2,1H3,(H,16,17)/t10-,11?,13+,14-/m0/s1. The minimum Gasteiger partial charge on any atom is -0.481 e. The zero-order valence-corrected chi connectivity index (χ0v) is 10.3. The molecule has 4 atom stereocenters. The molecule has 0 aromatic carbocycles. The molecule has 0 amide bonds. The zero-order chi connectivity index (χ0) is 12.3. The SMILES string of the molecule is C[C@]12CC[C@H](O)C[C@]1(C(=O)O)CC=C1CCC12. The van der Waals surface area contributed by atoms with Gasteiger partial charge in [-0.2, -0.15) is 0 Å². The van der Waals surface area contributed by atoms with Crippen molar-refractivity contribution in [3.05, 3.63) is 11.6 Å². The molecule has 2 saturated carbocycles. The topological polar surface area (TPSA) is 57.5 Å². The Bertz CT molecular complexity index is 400. The highest BCUT2D eigenvalue weighted by Crippen LogP contribution is 2.65. The van der Waals surface area contributed by atoms with E-state index < -0.39 is 17.5 Å². The molecule has 0 spiro atoms. The summed E-state index contributed by atoms with van der Waals surface area (Å²) in [5.74, 6) is -0.249. The fourth-order valence-corrected chi connectivity index (χ4v) is 4.42. The first-order valence-electron chi connectivity index (χ1n) is 6.60. The summed E-state index contributed by atoms with van der Waals surface area (Å²) in [6, 6.07) is 0. The average molecular weight is 236 g/mol. The van der Waals surface area contributed by atoms with E-state index in [9.17, 15) is 15.0 Å². The average Bonchev–Trinajstić information content (AvgIpc) is 2.20. The van der Waals surface area contributed by atoms with Gasteiger partial charge in [0.1, 0.15) is 0 Å². The molecule has 3 nitrogen and oxygen atoms in total. The van der Waals surface area contributed by atoms with Crippen LogP contribution in [0.1, 0.15) is 45.4 Å². The Balaban J connectivity index is 2.07. The van der Waals surface area contributed by atoms with Crippen molar-refractivity contribution in [3.8, 4) is 0 Å². The maximum Gasteiger partial charge on any atom is 0.310 e. The van der Waals surface area contributed by atoms with E-state index in [4.69, 9.17) is 0 Å². The van der Waals surface area contributed by atoms with E-state index in [0.29, 0.717) is 18.8 Å². The van der Waals surface area contributed by atoms with Crippen LogP contribution in [0.25, 0.3) is 0 Å². The van der Waals surface area contributed by atoms with E-state index in [1.165, 1.54) is 5.57 Å². The molecule has 3 rings (SSSR count). The number of carbonyl (C=O) groups is 1. The van der Waals surface area contributed by atoms with Gasteiger partial charge in [-0.15, -0.1) is 0 Å². The minimum absolute atomic E-state index is 0.138. The van der Waals surface area contributed by atoms with Crippen LogP contribution in [0.15, 0.2) is 11.6 Å². The van der Waals surface area contributed by atoms with Gasteiger partial charge in [0.15, 0.2) is 0 Å². The Morgan fingerprint density at radius 3 is 2.82 bits per heavy atom. The highest BCUT2D eigenvalue weighted by atomic mass is 16.4. The molecule has 0 aliphatic heterocycles. The summed E-state index contributed by atoms with van der Waals surface area (Å²) in [6.45, 7) is 2.14.